The van der Waals surface area contributed by atoms with Crippen LogP contribution in [0.25, 0.3) is 0 Å². The summed E-state index contributed by atoms with van der Waals surface area (Å²) in [6.07, 6.45) is 0.00876. The smallest absolute Gasteiger partial charge is 0.339 e. The average molecular weight is 225 g/mol. The second kappa shape index (κ2) is 5.08. The Labute approximate surface area is 90.9 Å². The number of anilines is 1. The van der Waals surface area contributed by atoms with Gasteiger partial charge in [0.2, 0.25) is 5.91 Å². The normalized spacial score (nSPS) is 11.8. The number of nitrogens with zero attached hydrogens (tertiary/aromatic N) is 1. The van der Waals surface area contributed by atoms with Crippen molar-refractivity contribution in [2.24, 2.45) is 5.73 Å². The summed E-state index contributed by atoms with van der Waals surface area (Å²) in [5.74, 6) is -1.96. The molecule has 5 N–H and O–H groups in total. The van der Waals surface area contributed by atoms with Crippen LogP contribution < -0.4 is 11.1 Å². The fraction of sp³-hybridized carbons (Fsp3) is 0.222. The lowest BCUT2D eigenvalue weighted by atomic mass is 10.2. The topological polar surface area (TPSA) is 126 Å². The summed E-state index contributed by atoms with van der Waals surface area (Å²) in [6, 6.07) is 2.83. The Morgan fingerprint density at radius 3 is 2.81 bits per heavy atom. The predicted molar refractivity (Wildman–Crippen MR) is 54.9 cm³/mol. The number of carbonyl (C=O) groups is 2. The van der Waals surface area contributed by atoms with Crippen molar-refractivity contribution in [1.82, 2.24) is 4.98 Å². The van der Waals surface area contributed by atoms with Crippen LogP contribution in [0.5, 0.6) is 0 Å². The fourth-order valence-electron chi connectivity index (χ4n) is 1.01. The Balaban J connectivity index is 2.74. The van der Waals surface area contributed by atoms with Gasteiger partial charge in [-0.2, -0.15) is 0 Å². The highest BCUT2D eigenvalue weighted by Gasteiger charge is 2.14. The molecule has 0 saturated carbocycles. The van der Waals surface area contributed by atoms with Gasteiger partial charge in [-0.3, -0.25) is 4.79 Å². The minimum absolute atomic E-state index is 0.0424. The molecule has 7 heteroatoms. The van der Waals surface area contributed by atoms with E-state index in [0.717, 1.165) is 0 Å². The first-order valence-corrected chi connectivity index (χ1v) is 4.42. The van der Waals surface area contributed by atoms with Gasteiger partial charge in [0.15, 0.2) is 0 Å². The Morgan fingerprint density at radius 2 is 2.25 bits per heavy atom. The zero-order valence-electron chi connectivity index (χ0n) is 8.25. The highest BCUT2D eigenvalue weighted by atomic mass is 16.4. The van der Waals surface area contributed by atoms with Crippen molar-refractivity contribution < 1.29 is 19.8 Å². The maximum Gasteiger partial charge on any atom is 0.339 e. The van der Waals surface area contributed by atoms with Crippen LogP contribution in [0.15, 0.2) is 18.3 Å². The average Bonchev–Trinajstić information content (AvgIpc) is 2.25. The molecule has 0 bridgehead atoms. The first kappa shape index (κ1) is 11.9. The molecular formula is C9H11N3O4. The van der Waals surface area contributed by atoms with Crippen LogP contribution in [0.3, 0.4) is 0 Å². The molecule has 7 nitrogen and oxygen atoms in total. The number of carbonyl (C=O) groups excluding carboxylic acids is 1. The van der Waals surface area contributed by atoms with E-state index in [4.69, 9.17) is 15.9 Å². The van der Waals surface area contributed by atoms with Gasteiger partial charge in [-0.15, -0.1) is 0 Å². The number of aromatic carboxylic acids is 1. The van der Waals surface area contributed by atoms with Gasteiger partial charge in [0.25, 0.3) is 0 Å². The van der Waals surface area contributed by atoms with E-state index >= 15 is 0 Å². The fourth-order valence-corrected chi connectivity index (χ4v) is 1.01. The zero-order valence-corrected chi connectivity index (χ0v) is 8.25. The third kappa shape index (κ3) is 2.92. The van der Waals surface area contributed by atoms with Gasteiger partial charge in [-0.1, -0.05) is 0 Å². The van der Waals surface area contributed by atoms with Gasteiger partial charge >= 0.3 is 5.97 Å². The van der Waals surface area contributed by atoms with Gasteiger partial charge in [-0.05, 0) is 12.1 Å². The van der Waals surface area contributed by atoms with Crippen molar-refractivity contribution in [2.75, 3.05) is 11.9 Å². The van der Waals surface area contributed by atoms with Crippen molar-refractivity contribution in [1.29, 1.82) is 0 Å². The standard InChI is InChI=1S/C9H11N3O4/c10-7(14)6(13)4-12-8-5(9(15)16)2-1-3-11-8/h1-3,6,13H,4H2,(H2,10,14)(H,11,12)(H,15,16). The number of pyridine rings is 1. The lowest BCUT2D eigenvalue weighted by Gasteiger charge is -2.10. The van der Waals surface area contributed by atoms with Crippen LogP contribution in [0.1, 0.15) is 10.4 Å². The van der Waals surface area contributed by atoms with E-state index in [2.05, 4.69) is 10.3 Å². The van der Waals surface area contributed by atoms with E-state index in [9.17, 15) is 9.59 Å². The number of carboxylic acids is 1. The summed E-state index contributed by atoms with van der Waals surface area (Å²) in [7, 11) is 0. The molecule has 0 saturated heterocycles. The lowest BCUT2D eigenvalue weighted by molar-refractivity contribution is -0.125. The highest BCUT2D eigenvalue weighted by molar-refractivity contribution is 5.93. The maximum atomic E-state index is 10.8. The Bertz CT molecular complexity index is 407. The van der Waals surface area contributed by atoms with Crippen molar-refractivity contribution in [2.45, 2.75) is 6.10 Å². The Kier molecular flexibility index (Phi) is 3.78. The Hall–Kier alpha value is -2.15. The molecule has 1 rings (SSSR count). The molecule has 86 valence electrons. The van der Waals surface area contributed by atoms with Crippen LogP contribution in [0.4, 0.5) is 5.82 Å². The highest BCUT2D eigenvalue weighted by Crippen LogP contribution is 2.10. The van der Waals surface area contributed by atoms with Crippen molar-refractivity contribution in [3.63, 3.8) is 0 Å². The first-order valence-electron chi connectivity index (χ1n) is 4.42. The number of rotatable bonds is 5. The quantitative estimate of drug-likeness (QED) is 0.511. The van der Waals surface area contributed by atoms with Crippen molar-refractivity contribution in [3.8, 4) is 0 Å². The van der Waals surface area contributed by atoms with Crippen molar-refractivity contribution >= 4 is 17.7 Å². The number of nitrogens with two attached hydrogens (primary N) is 1. The number of aliphatic hydroxyl groups excluding tert-OH is 1. The van der Waals surface area contributed by atoms with Gasteiger partial charge in [0.1, 0.15) is 17.5 Å². The summed E-state index contributed by atoms with van der Waals surface area (Å²) >= 11 is 0. The van der Waals surface area contributed by atoms with Crippen LogP contribution in [-0.4, -0.2) is 39.7 Å². The molecule has 1 aromatic rings. The van der Waals surface area contributed by atoms with E-state index in [0.29, 0.717) is 0 Å². The minimum atomic E-state index is -1.39. The SMILES string of the molecule is NC(=O)C(O)CNc1ncccc1C(=O)O. The molecule has 0 aliphatic heterocycles. The number of aromatic nitrogens is 1. The Morgan fingerprint density at radius 1 is 1.56 bits per heavy atom. The van der Waals surface area contributed by atoms with E-state index in [1.807, 2.05) is 0 Å². The third-order valence-corrected chi connectivity index (χ3v) is 1.83. The first-order chi connectivity index (χ1) is 7.52. The summed E-state index contributed by atoms with van der Waals surface area (Å²) < 4.78 is 0. The summed E-state index contributed by atoms with van der Waals surface area (Å²) in [5, 5.41) is 20.4. The van der Waals surface area contributed by atoms with Gasteiger partial charge in [0.05, 0.1) is 6.54 Å². The molecule has 1 amide bonds. The molecule has 1 heterocycles. The van der Waals surface area contributed by atoms with E-state index in [1.165, 1.54) is 18.3 Å². The predicted octanol–water partition coefficient (Wildman–Crippen LogP) is -0.962. The second-order valence-electron chi connectivity index (χ2n) is 3.00. The van der Waals surface area contributed by atoms with E-state index < -0.39 is 18.0 Å². The number of primary amides is 1. The van der Waals surface area contributed by atoms with E-state index in [-0.39, 0.29) is 17.9 Å². The molecule has 0 aliphatic carbocycles. The molecule has 1 aromatic heterocycles. The van der Waals surface area contributed by atoms with Crippen LogP contribution in [-0.2, 0) is 4.79 Å². The molecule has 1 atom stereocenters. The lowest BCUT2D eigenvalue weighted by Crippen LogP contribution is -2.34. The van der Waals surface area contributed by atoms with Gasteiger partial charge in [0, 0.05) is 6.20 Å². The number of carboxylic acid groups (broad SMARTS) is 1. The van der Waals surface area contributed by atoms with Crippen molar-refractivity contribution in [3.05, 3.63) is 23.9 Å². The van der Waals surface area contributed by atoms with Crippen LogP contribution >= 0.6 is 0 Å². The number of aliphatic hydroxyl groups is 1. The van der Waals surface area contributed by atoms with Crippen LogP contribution in [0, 0.1) is 0 Å². The van der Waals surface area contributed by atoms with E-state index in [1.54, 1.807) is 0 Å². The molecule has 16 heavy (non-hydrogen) atoms. The number of nitrogens with one attached hydrogen (secondary N) is 1. The van der Waals surface area contributed by atoms with Crippen LogP contribution in [0.2, 0.25) is 0 Å². The zero-order chi connectivity index (χ0) is 12.1. The number of amides is 1. The molecule has 0 fully saturated rings. The minimum Gasteiger partial charge on any atom is -0.478 e. The molecule has 0 spiro atoms. The third-order valence-electron chi connectivity index (χ3n) is 1.83. The largest absolute Gasteiger partial charge is 0.478 e. The summed E-state index contributed by atoms with van der Waals surface area (Å²) in [5.41, 5.74) is 4.79. The molecule has 1 unspecified atom stereocenters. The maximum absolute atomic E-state index is 10.8. The molecule has 0 aromatic carbocycles. The second-order valence-corrected chi connectivity index (χ2v) is 3.00. The summed E-state index contributed by atoms with van der Waals surface area (Å²) in [4.78, 5) is 25.1. The number of hydrogen-bond acceptors (Lipinski definition) is 5. The van der Waals surface area contributed by atoms with Gasteiger partial charge in [-0.25, -0.2) is 9.78 Å². The molecular weight excluding hydrogens is 214 g/mol. The number of hydrogen-bond donors (Lipinski definition) is 4. The monoisotopic (exact) mass is 225 g/mol. The molecule has 0 aliphatic rings. The summed E-state index contributed by atoms with van der Waals surface area (Å²) in [6.45, 7) is -0.188. The van der Waals surface area contributed by atoms with Gasteiger partial charge < -0.3 is 21.3 Å². The molecule has 0 radical (unpaired) electrons.